The van der Waals surface area contributed by atoms with Crippen molar-refractivity contribution in [1.82, 2.24) is 0 Å². The number of hydrogen-bond acceptors (Lipinski definition) is 2. The molecule has 1 N–H and O–H groups in total. The molecule has 0 aromatic rings. The van der Waals surface area contributed by atoms with Crippen LogP contribution in [-0.2, 0) is 9.59 Å². The Morgan fingerprint density at radius 1 is 1.62 bits per heavy atom. The number of aliphatic carboxylic acids is 1. The zero-order valence-electron chi connectivity index (χ0n) is 5.35. The van der Waals surface area contributed by atoms with Gasteiger partial charge in [-0.2, -0.15) is 0 Å². The van der Waals surface area contributed by atoms with E-state index in [1.165, 1.54) is 0 Å². The van der Waals surface area contributed by atoms with Crippen molar-refractivity contribution >= 4 is 22.8 Å². The molecule has 8 heavy (non-hydrogen) atoms. The smallest absolute Gasteiger partial charge is 1.00 e. The van der Waals surface area contributed by atoms with Gasteiger partial charge in [0.2, 0.25) is 5.24 Å². The molecule has 0 aromatic carbocycles. The van der Waals surface area contributed by atoms with Gasteiger partial charge < -0.3 is 6.53 Å². The van der Waals surface area contributed by atoms with Crippen molar-refractivity contribution in [1.29, 1.82) is 0 Å². The van der Waals surface area contributed by atoms with E-state index >= 15 is 0 Å². The molecule has 42 valence electrons. The van der Waals surface area contributed by atoms with Crippen molar-refractivity contribution in [3.63, 3.8) is 0 Å². The summed E-state index contributed by atoms with van der Waals surface area (Å²) in [5, 5.41) is 6.94. The van der Waals surface area contributed by atoms with Gasteiger partial charge in [0.05, 0.1) is 0 Å². The van der Waals surface area contributed by atoms with Crippen LogP contribution in [0.3, 0.4) is 0 Å². The molecule has 0 atom stereocenters. The van der Waals surface area contributed by atoms with Crippen LogP contribution in [-0.4, -0.2) is 16.3 Å². The zero-order chi connectivity index (χ0) is 5.86. The fourth-order valence-electron chi connectivity index (χ4n) is 0.119. The average Bonchev–Trinajstić information content (AvgIpc) is 1.27. The third-order valence-electron chi connectivity index (χ3n) is 0.290. The van der Waals surface area contributed by atoms with Gasteiger partial charge in [-0.1, -0.05) is 0 Å². The summed E-state index contributed by atoms with van der Waals surface area (Å²) in [5.74, 6) is -1.19. The standard InChI is InChI=1S/C3H3ClO3.Na.H/c4-2(5)1-3(6)7;;/h1H2,(H,6,7);;/q;+1;-1. The molecule has 0 fully saturated rings. The molecular weight excluding hydrogens is 142 g/mol. The minimum Gasteiger partial charge on any atom is -1.00 e. The zero-order valence-corrected chi connectivity index (χ0v) is 7.10. The van der Waals surface area contributed by atoms with Gasteiger partial charge in [-0.3, -0.25) is 9.59 Å². The molecule has 0 heterocycles. The molecule has 0 amide bonds. The predicted octanol–water partition coefficient (Wildman–Crippen LogP) is -2.66. The van der Waals surface area contributed by atoms with Crippen LogP contribution in [0, 0.1) is 0 Å². The summed E-state index contributed by atoms with van der Waals surface area (Å²) in [5.41, 5.74) is 0. The maximum atomic E-state index is 9.64. The first-order valence-corrected chi connectivity index (χ1v) is 1.91. The molecule has 0 saturated carbocycles. The first kappa shape index (κ1) is 11.3. The van der Waals surface area contributed by atoms with Gasteiger partial charge in [-0.15, -0.1) is 0 Å². The monoisotopic (exact) mass is 146 g/mol. The first-order valence-electron chi connectivity index (χ1n) is 1.53. The van der Waals surface area contributed by atoms with Gasteiger partial charge in [0.1, 0.15) is 6.42 Å². The molecule has 0 aliphatic carbocycles. The van der Waals surface area contributed by atoms with Gasteiger partial charge in [-0.05, 0) is 11.6 Å². The summed E-state index contributed by atoms with van der Waals surface area (Å²) < 4.78 is 0. The fraction of sp³-hybridized carbons (Fsp3) is 0.333. The Balaban J connectivity index is -0.000000180. The van der Waals surface area contributed by atoms with Crippen LogP contribution in [0.1, 0.15) is 7.85 Å². The second-order valence-electron chi connectivity index (χ2n) is 0.926. The molecule has 0 aromatic heterocycles. The molecular formula is C3H4ClNaO3. The number of carboxylic acids is 1. The maximum absolute atomic E-state index is 9.64. The van der Waals surface area contributed by atoms with Crippen LogP contribution < -0.4 is 29.6 Å². The number of carbonyl (C=O) groups excluding carboxylic acids is 1. The SMILES string of the molecule is O=C(O)CC(=O)Cl.[H-].[Na+]. The van der Waals surface area contributed by atoms with E-state index < -0.39 is 17.6 Å². The summed E-state index contributed by atoms with van der Waals surface area (Å²) in [6.07, 6.45) is -0.596. The van der Waals surface area contributed by atoms with Gasteiger partial charge in [0.15, 0.2) is 0 Å². The third kappa shape index (κ3) is 9.66. The number of rotatable bonds is 2. The van der Waals surface area contributed by atoms with Gasteiger partial charge in [0.25, 0.3) is 0 Å². The normalized spacial score (nSPS) is 7.12. The van der Waals surface area contributed by atoms with Crippen molar-refractivity contribution in [2.24, 2.45) is 0 Å². The summed E-state index contributed by atoms with van der Waals surface area (Å²) in [6, 6.07) is 0. The first-order chi connectivity index (χ1) is 3.13. The molecule has 0 spiro atoms. The Kier molecular flexibility index (Phi) is 7.83. The van der Waals surface area contributed by atoms with Crippen LogP contribution in [0.4, 0.5) is 0 Å². The number of carbonyl (C=O) groups is 2. The molecule has 3 nitrogen and oxygen atoms in total. The van der Waals surface area contributed by atoms with E-state index in [-0.39, 0.29) is 31.0 Å². The molecule has 0 unspecified atom stereocenters. The molecule has 0 rings (SSSR count). The molecule has 0 aliphatic rings. The second-order valence-corrected chi connectivity index (χ2v) is 1.35. The Hall–Kier alpha value is 0.430. The van der Waals surface area contributed by atoms with Gasteiger partial charge in [0, 0.05) is 0 Å². The largest absolute Gasteiger partial charge is 1.00 e. The van der Waals surface area contributed by atoms with Crippen molar-refractivity contribution in [3.05, 3.63) is 0 Å². The van der Waals surface area contributed by atoms with E-state index in [4.69, 9.17) is 5.11 Å². The van der Waals surface area contributed by atoms with Crippen LogP contribution in [0.5, 0.6) is 0 Å². The Bertz CT molecular complexity index is 95.2. The van der Waals surface area contributed by atoms with Crippen molar-refractivity contribution in [2.45, 2.75) is 6.42 Å². The molecule has 0 bridgehead atoms. The molecule has 5 heteroatoms. The van der Waals surface area contributed by atoms with Gasteiger partial charge in [-0.25, -0.2) is 0 Å². The Morgan fingerprint density at radius 2 is 2.00 bits per heavy atom. The number of carboxylic acid groups (broad SMARTS) is 1. The quantitative estimate of drug-likeness (QED) is 0.263. The van der Waals surface area contributed by atoms with Crippen LogP contribution in [0.25, 0.3) is 0 Å². The van der Waals surface area contributed by atoms with E-state index in [0.29, 0.717) is 0 Å². The van der Waals surface area contributed by atoms with E-state index in [0.717, 1.165) is 0 Å². The number of halogens is 1. The van der Waals surface area contributed by atoms with Gasteiger partial charge >= 0.3 is 35.5 Å². The summed E-state index contributed by atoms with van der Waals surface area (Å²) >= 11 is 4.65. The number of hydrogen-bond donors (Lipinski definition) is 1. The van der Waals surface area contributed by atoms with Crippen LogP contribution >= 0.6 is 11.6 Å². The van der Waals surface area contributed by atoms with E-state index in [2.05, 4.69) is 11.6 Å². The van der Waals surface area contributed by atoms with Crippen molar-refractivity contribution in [3.8, 4) is 0 Å². The van der Waals surface area contributed by atoms with Crippen LogP contribution in [0.15, 0.2) is 0 Å². The molecule has 0 aliphatic heterocycles. The Morgan fingerprint density at radius 3 is 2.00 bits per heavy atom. The fourth-order valence-corrected chi connectivity index (χ4v) is 0.233. The summed E-state index contributed by atoms with van der Waals surface area (Å²) in [7, 11) is 0. The molecule has 0 radical (unpaired) electrons. The predicted molar refractivity (Wildman–Crippen MR) is 24.2 cm³/mol. The minimum atomic E-state index is -1.19. The van der Waals surface area contributed by atoms with Crippen molar-refractivity contribution in [2.75, 3.05) is 0 Å². The molecule has 0 saturated heterocycles. The summed E-state index contributed by atoms with van der Waals surface area (Å²) in [4.78, 5) is 19.1. The average molecular weight is 147 g/mol. The van der Waals surface area contributed by atoms with E-state index in [1.54, 1.807) is 0 Å². The van der Waals surface area contributed by atoms with Crippen LogP contribution in [0.2, 0.25) is 0 Å². The van der Waals surface area contributed by atoms with E-state index in [1.807, 2.05) is 0 Å². The third-order valence-corrected chi connectivity index (χ3v) is 0.424. The maximum Gasteiger partial charge on any atom is 1.00 e. The summed E-state index contributed by atoms with van der Waals surface area (Å²) in [6.45, 7) is 0. The van der Waals surface area contributed by atoms with E-state index in [9.17, 15) is 9.59 Å². The van der Waals surface area contributed by atoms with Crippen molar-refractivity contribution < 1.29 is 45.7 Å². The minimum absolute atomic E-state index is 0. The Labute approximate surface area is 74.8 Å². The topological polar surface area (TPSA) is 54.4 Å². The second kappa shape index (κ2) is 5.56.